The second-order valence-electron chi connectivity index (χ2n) is 5.87. The molecule has 1 saturated heterocycles. The van der Waals surface area contributed by atoms with Gasteiger partial charge in [-0.05, 0) is 30.3 Å². The van der Waals surface area contributed by atoms with Crippen molar-refractivity contribution in [3.05, 3.63) is 62.9 Å². The van der Waals surface area contributed by atoms with Crippen LogP contribution in [0.5, 0.6) is 17.2 Å². The van der Waals surface area contributed by atoms with E-state index in [0.717, 1.165) is 0 Å². The van der Waals surface area contributed by atoms with Crippen LogP contribution < -0.4 is 14.2 Å². The lowest BCUT2D eigenvalue weighted by atomic mass is 10.1. The lowest BCUT2D eigenvalue weighted by Gasteiger charge is -2.13. The molecule has 0 spiro atoms. The third-order valence-electron chi connectivity index (χ3n) is 4.28. The highest BCUT2D eigenvalue weighted by Crippen LogP contribution is 2.43. The minimum atomic E-state index is -1.37. The molecule has 1 aliphatic rings. The van der Waals surface area contributed by atoms with Crippen molar-refractivity contribution in [2.24, 2.45) is 0 Å². The second kappa shape index (κ2) is 7.51. The van der Waals surface area contributed by atoms with Gasteiger partial charge < -0.3 is 19.3 Å². The zero-order valence-corrected chi connectivity index (χ0v) is 15.3. The standard InChI is InChI=1S/C18H17N2O8/c1-25-13-8-12(9-14(26-2)15(13)27-3)17-19(23)16(20(24)28-17)10-5-4-6-11(7-10)18(21)22/h4-9,16-17H,1-3H3/q+1/p+1. The van der Waals surface area contributed by atoms with Crippen LogP contribution in [0.4, 0.5) is 0 Å². The van der Waals surface area contributed by atoms with Gasteiger partial charge in [0, 0.05) is 4.91 Å². The fraction of sp³-hybridized carbons (Fsp3) is 0.278. The highest BCUT2D eigenvalue weighted by molar-refractivity contribution is 5.87. The maximum atomic E-state index is 12.8. The van der Waals surface area contributed by atoms with Gasteiger partial charge >= 0.3 is 23.3 Å². The molecule has 0 aromatic heterocycles. The molecule has 1 N–H and O–H groups in total. The molecule has 2 aromatic rings. The molecule has 3 rings (SSSR count). The molecule has 28 heavy (non-hydrogen) atoms. The molecule has 10 nitrogen and oxygen atoms in total. The van der Waals surface area contributed by atoms with Crippen LogP contribution >= 0.6 is 0 Å². The van der Waals surface area contributed by atoms with Gasteiger partial charge in [0.1, 0.15) is 10.3 Å². The molecule has 0 radical (unpaired) electrons. The smallest absolute Gasteiger partial charge is 0.493 e. The minimum absolute atomic E-state index is 0.0458. The zero-order chi connectivity index (χ0) is 20.4. The summed E-state index contributed by atoms with van der Waals surface area (Å²) in [6.07, 6.45) is -2.66. The maximum Gasteiger partial charge on any atom is 0.511 e. The highest BCUT2D eigenvalue weighted by Gasteiger charge is 2.61. The molecule has 2 aromatic carbocycles. The largest absolute Gasteiger partial charge is 0.511 e. The van der Waals surface area contributed by atoms with E-state index in [0.29, 0.717) is 27.6 Å². The van der Waals surface area contributed by atoms with Gasteiger partial charge in [0.15, 0.2) is 11.5 Å². The first kappa shape index (κ1) is 19.1. The summed E-state index contributed by atoms with van der Waals surface area (Å²) in [5, 5.41) is 9.12. The van der Waals surface area contributed by atoms with Crippen LogP contribution in [0.3, 0.4) is 0 Å². The molecule has 2 unspecified atom stereocenters. The first-order valence-electron chi connectivity index (χ1n) is 8.13. The summed E-state index contributed by atoms with van der Waals surface area (Å²) in [6.45, 7) is 0. The van der Waals surface area contributed by atoms with Crippen LogP contribution in [0.25, 0.3) is 0 Å². The van der Waals surface area contributed by atoms with Gasteiger partial charge in [0.2, 0.25) is 5.75 Å². The molecule has 2 atom stereocenters. The number of rotatable bonds is 6. The summed E-state index contributed by atoms with van der Waals surface area (Å²) >= 11 is 0. The lowest BCUT2D eigenvalue weighted by molar-refractivity contribution is -0.842. The molecule has 1 aliphatic heterocycles. The number of nitrogens with zero attached hydrogens (tertiary/aromatic N) is 2. The Morgan fingerprint density at radius 3 is 2.18 bits per heavy atom. The van der Waals surface area contributed by atoms with Crippen molar-refractivity contribution < 1.29 is 38.6 Å². The number of carbonyl (C=O) groups is 1. The van der Waals surface area contributed by atoms with Crippen molar-refractivity contribution in [3.63, 3.8) is 0 Å². The number of ether oxygens (including phenoxy) is 3. The number of hydrogen-bond donors (Lipinski definition) is 1. The molecule has 1 fully saturated rings. The molecule has 0 saturated carbocycles. The Hall–Kier alpha value is -3.69. The van der Waals surface area contributed by atoms with Gasteiger partial charge in [-0.15, -0.1) is 4.84 Å². The van der Waals surface area contributed by atoms with E-state index in [1.165, 1.54) is 57.7 Å². The summed E-state index contributed by atoms with van der Waals surface area (Å²) in [4.78, 5) is 41.6. The van der Waals surface area contributed by atoms with Crippen LogP contribution in [0.2, 0.25) is 0 Å². The fourth-order valence-corrected chi connectivity index (χ4v) is 2.98. The van der Waals surface area contributed by atoms with Crippen LogP contribution in [0.15, 0.2) is 36.4 Å². The molecular formula is C18H18N2O8+2. The van der Waals surface area contributed by atoms with Crippen molar-refractivity contribution in [1.29, 1.82) is 0 Å². The van der Waals surface area contributed by atoms with Crippen molar-refractivity contribution in [3.8, 4) is 17.2 Å². The van der Waals surface area contributed by atoms with E-state index in [-0.39, 0.29) is 16.1 Å². The van der Waals surface area contributed by atoms with E-state index < -0.39 is 18.4 Å². The van der Waals surface area contributed by atoms with E-state index in [4.69, 9.17) is 24.2 Å². The summed E-state index contributed by atoms with van der Waals surface area (Å²) in [6, 6.07) is 8.55. The number of nitroso groups, excluding NO2 is 1. The SMILES string of the molecule is COc1cc(C2O[N+](=O)C(c3cccc(C(=O)O)c3)[N+]2=O)cc(OC)c1OC. The van der Waals surface area contributed by atoms with Gasteiger partial charge in [-0.1, -0.05) is 6.07 Å². The Bertz CT molecular complexity index is 933. The van der Waals surface area contributed by atoms with E-state index in [1.807, 2.05) is 0 Å². The Balaban J connectivity index is 2.00. The highest BCUT2D eigenvalue weighted by atomic mass is 16.8. The number of benzene rings is 2. The fourth-order valence-electron chi connectivity index (χ4n) is 2.98. The van der Waals surface area contributed by atoms with Crippen molar-refractivity contribution in [1.82, 2.24) is 0 Å². The second-order valence-corrected chi connectivity index (χ2v) is 5.87. The minimum Gasteiger partial charge on any atom is -0.493 e. The van der Waals surface area contributed by atoms with Gasteiger partial charge in [0.25, 0.3) is 0 Å². The van der Waals surface area contributed by atoms with E-state index in [9.17, 15) is 14.6 Å². The number of methoxy groups -OCH3 is 3. The average molecular weight is 390 g/mol. The van der Waals surface area contributed by atoms with E-state index in [1.54, 1.807) is 0 Å². The average Bonchev–Trinajstić information content (AvgIpc) is 3.00. The molecule has 0 amide bonds. The number of carboxylic acid groups (broad SMARTS) is 1. The van der Waals surface area contributed by atoms with Crippen LogP contribution in [0.1, 0.15) is 33.9 Å². The molecular weight excluding hydrogens is 372 g/mol. The maximum absolute atomic E-state index is 12.8. The summed E-state index contributed by atoms with van der Waals surface area (Å²) in [5.74, 6) is -0.254. The normalized spacial score (nSPS) is 18.5. The zero-order valence-electron chi connectivity index (χ0n) is 15.3. The predicted molar refractivity (Wildman–Crippen MR) is 93.3 cm³/mol. The summed E-state index contributed by atoms with van der Waals surface area (Å²) in [5.41, 5.74) is 0.456. The topological polar surface area (TPSA) is 114 Å². The number of aromatic carboxylic acids is 1. The molecule has 0 aliphatic carbocycles. The van der Waals surface area contributed by atoms with Crippen LogP contribution in [0, 0.1) is 9.81 Å². The van der Waals surface area contributed by atoms with Crippen molar-refractivity contribution in [2.75, 3.05) is 21.3 Å². The Labute approximate surface area is 159 Å². The summed E-state index contributed by atoms with van der Waals surface area (Å²) < 4.78 is 16.2. The van der Waals surface area contributed by atoms with Gasteiger partial charge in [-0.2, -0.15) is 0 Å². The predicted octanol–water partition coefficient (Wildman–Crippen LogP) is 2.61. The van der Waals surface area contributed by atoms with Gasteiger partial charge in [0.05, 0.1) is 37.4 Å². The van der Waals surface area contributed by atoms with Gasteiger partial charge in [-0.3, -0.25) is 0 Å². The van der Waals surface area contributed by atoms with Crippen LogP contribution in [-0.4, -0.2) is 42.1 Å². The number of hydrogen-bond acceptors (Lipinski definition) is 7. The molecule has 146 valence electrons. The van der Waals surface area contributed by atoms with E-state index in [2.05, 4.69) is 0 Å². The quantitative estimate of drug-likeness (QED) is 0.749. The Morgan fingerprint density at radius 1 is 1.00 bits per heavy atom. The first-order chi connectivity index (χ1) is 13.4. The molecule has 0 bridgehead atoms. The number of carboxylic acids is 1. The Kier molecular flexibility index (Phi) is 5.12. The van der Waals surface area contributed by atoms with Crippen molar-refractivity contribution >= 4 is 5.97 Å². The van der Waals surface area contributed by atoms with Gasteiger partial charge in [-0.25, -0.2) is 4.79 Å². The third-order valence-corrected chi connectivity index (χ3v) is 4.28. The first-order valence-corrected chi connectivity index (χ1v) is 8.13. The van der Waals surface area contributed by atoms with E-state index >= 15 is 0 Å². The Morgan fingerprint density at radius 2 is 1.64 bits per heavy atom. The van der Waals surface area contributed by atoms with Crippen LogP contribution in [-0.2, 0) is 4.84 Å². The molecule has 1 heterocycles. The summed E-state index contributed by atoms with van der Waals surface area (Å²) in [7, 11) is 4.29. The van der Waals surface area contributed by atoms with Crippen molar-refractivity contribution in [2.45, 2.75) is 12.4 Å². The lowest BCUT2D eigenvalue weighted by Crippen LogP contribution is -2.16. The monoisotopic (exact) mass is 390 g/mol. The molecule has 10 heteroatoms. The third kappa shape index (κ3) is 3.20.